The number of nitriles is 1. The number of esters is 1. The minimum absolute atomic E-state index is 0.252. The van der Waals surface area contributed by atoms with Crippen molar-refractivity contribution in [3.63, 3.8) is 0 Å². The fraction of sp³-hybridized carbons (Fsp3) is 0.545. The van der Waals surface area contributed by atoms with E-state index in [4.69, 9.17) is 4.74 Å². The SMILES string of the molecule is CC(C)[C@@H](NC(=O)Nc1ccccc1)C(=O)O[C@@H](C)C(=O)NC1(C#N)CCCCC1. The van der Waals surface area contributed by atoms with Crippen LogP contribution < -0.4 is 16.0 Å². The molecule has 1 aliphatic carbocycles. The van der Waals surface area contributed by atoms with Gasteiger partial charge in [-0.2, -0.15) is 5.26 Å². The van der Waals surface area contributed by atoms with E-state index in [-0.39, 0.29) is 5.92 Å². The Hall–Kier alpha value is -3.08. The van der Waals surface area contributed by atoms with Crippen LogP contribution in [0.5, 0.6) is 0 Å². The molecule has 2 atom stereocenters. The van der Waals surface area contributed by atoms with Gasteiger partial charge in [0.15, 0.2) is 6.10 Å². The Labute approximate surface area is 177 Å². The number of carbonyl (C=O) groups excluding carboxylic acids is 3. The molecule has 0 spiro atoms. The standard InChI is InChI=1S/C22H30N4O4/c1-15(2)18(25-21(29)24-17-10-6-4-7-11-17)20(28)30-16(3)19(27)26-22(14-23)12-8-5-9-13-22/h4,6-7,10-11,15-16,18H,5,8-9,12-13H2,1-3H3,(H,26,27)(H2,24,25,29)/t16-,18+/m0/s1. The lowest BCUT2D eigenvalue weighted by atomic mass is 9.83. The predicted molar refractivity (Wildman–Crippen MR) is 112 cm³/mol. The second kappa shape index (κ2) is 10.6. The summed E-state index contributed by atoms with van der Waals surface area (Å²) in [6.45, 7) is 5.00. The van der Waals surface area contributed by atoms with E-state index in [1.165, 1.54) is 6.92 Å². The number of hydrogen-bond acceptors (Lipinski definition) is 5. The van der Waals surface area contributed by atoms with Crippen molar-refractivity contribution in [2.24, 2.45) is 5.92 Å². The maximum atomic E-state index is 12.6. The number of urea groups is 1. The molecule has 3 N–H and O–H groups in total. The summed E-state index contributed by atoms with van der Waals surface area (Å²) in [5, 5.41) is 17.5. The molecule has 162 valence electrons. The molecule has 8 nitrogen and oxygen atoms in total. The van der Waals surface area contributed by atoms with Crippen molar-refractivity contribution in [2.45, 2.75) is 70.6 Å². The summed E-state index contributed by atoms with van der Waals surface area (Å²) in [7, 11) is 0. The number of carbonyl (C=O) groups is 3. The summed E-state index contributed by atoms with van der Waals surface area (Å²) >= 11 is 0. The van der Waals surface area contributed by atoms with Gasteiger partial charge in [-0.3, -0.25) is 4.79 Å². The average Bonchev–Trinajstić information content (AvgIpc) is 2.73. The van der Waals surface area contributed by atoms with Gasteiger partial charge >= 0.3 is 12.0 Å². The highest BCUT2D eigenvalue weighted by atomic mass is 16.5. The van der Waals surface area contributed by atoms with Gasteiger partial charge in [0.1, 0.15) is 11.6 Å². The molecule has 0 radical (unpaired) electrons. The number of benzene rings is 1. The van der Waals surface area contributed by atoms with Crippen LogP contribution in [0.2, 0.25) is 0 Å². The van der Waals surface area contributed by atoms with Crippen LogP contribution in [0.4, 0.5) is 10.5 Å². The largest absolute Gasteiger partial charge is 0.451 e. The molecule has 30 heavy (non-hydrogen) atoms. The molecule has 1 aliphatic rings. The zero-order valence-corrected chi connectivity index (χ0v) is 17.7. The van der Waals surface area contributed by atoms with Gasteiger partial charge in [0.2, 0.25) is 0 Å². The van der Waals surface area contributed by atoms with Crippen molar-refractivity contribution in [1.82, 2.24) is 10.6 Å². The quantitative estimate of drug-likeness (QED) is 0.592. The first-order chi connectivity index (χ1) is 14.3. The van der Waals surface area contributed by atoms with Crippen molar-refractivity contribution in [2.75, 3.05) is 5.32 Å². The van der Waals surface area contributed by atoms with Crippen LogP contribution in [0.25, 0.3) is 0 Å². The average molecular weight is 415 g/mol. The molecule has 0 aromatic heterocycles. The van der Waals surface area contributed by atoms with Crippen LogP contribution >= 0.6 is 0 Å². The van der Waals surface area contributed by atoms with Gasteiger partial charge in [0.25, 0.3) is 5.91 Å². The summed E-state index contributed by atoms with van der Waals surface area (Å²) < 4.78 is 5.31. The maximum Gasteiger partial charge on any atom is 0.329 e. The third-order valence-corrected chi connectivity index (χ3v) is 5.18. The summed E-state index contributed by atoms with van der Waals surface area (Å²) in [5.74, 6) is -1.47. The van der Waals surface area contributed by atoms with Crippen molar-refractivity contribution < 1.29 is 19.1 Å². The molecule has 0 aliphatic heterocycles. The van der Waals surface area contributed by atoms with Crippen LogP contribution in [0.3, 0.4) is 0 Å². The van der Waals surface area contributed by atoms with Gasteiger partial charge in [-0.05, 0) is 37.8 Å². The molecule has 0 heterocycles. The molecule has 8 heteroatoms. The van der Waals surface area contributed by atoms with Crippen molar-refractivity contribution in [1.29, 1.82) is 5.26 Å². The van der Waals surface area contributed by atoms with Crippen molar-refractivity contribution in [3.8, 4) is 6.07 Å². The fourth-order valence-electron chi connectivity index (χ4n) is 3.39. The molecule has 1 aromatic rings. The molecule has 1 fully saturated rings. The van der Waals surface area contributed by atoms with Crippen LogP contribution in [-0.2, 0) is 14.3 Å². The van der Waals surface area contributed by atoms with E-state index in [1.54, 1.807) is 38.1 Å². The van der Waals surface area contributed by atoms with Gasteiger partial charge < -0.3 is 20.7 Å². The van der Waals surface area contributed by atoms with E-state index >= 15 is 0 Å². The Bertz CT molecular complexity index is 782. The molecule has 2 rings (SSSR count). The molecular formula is C22H30N4O4. The third kappa shape index (κ3) is 6.48. The zero-order chi connectivity index (χ0) is 22.1. The number of rotatable bonds is 7. The summed E-state index contributed by atoms with van der Waals surface area (Å²) in [4.78, 5) is 37.4. The number of ether oxygens (including phenoxy) is 1. The summed E-state index contributed by atoms with van der Waals surface area (Å²) in [6, 6.07) is 9.59. The monoisotopic (exact) mass is 414 g/mol. The number of para-hydroxylation sites is 1. The van der Waals surface area contributed by atoms with E-state index in [9.17, 15) is 19.6 Å². The minimum atomic E-state index is -1.08. The normalized spacial score (nSPS) is 17.2. The highest BCUT2D eigenvalue weighted by Gasteiger charge is 2.36. The summed E-state index contributed by atoms with van der Waals surface area (Å²) in [6.07, 6.45) is 2.88. The number of amides is 3. The second-order valence-electron chi connectivity index (χ2n) is 8.01. The van der Waals surface area contributed by atoms with Gasteiger partial charge in [0, 0.05) is 5.69 Å². The van der Waals surface area contributed by atoms with E-state index in [0.717, 1.165) is 19.3 Å². The molecular weight excluding hydrogens is 384 g/mol. The first-order valence-electron chi connectivity index (χ1n) is 10.3. The molecule has 1 aromatic carbocycles. The van der Waals surface area contributed by atoms with Gasteiger partial charge in [0.05, 0.1) is 6.07 Å². The lowest BCUT2D eigenvalue weighted by Gasteiger charge is -2.32. The van der Waals surface area contributed by atoms with E-state index in [0.29, 0.717) is 18.5 Å². The van der Waals surface area contributed by atoms with Crippen LogP contribution in [0.15, 0.2) is 30.3 Å². The molecule has 0 saturated heterocycles. The second-order valence-corrected chi connectivity index (χ2v) is 8.01. The lowest BCUT2D eigenvalue weighted by Crippen LogP contribution is -2.53. The number of nitrogens with zero attached hydrogens (tertiary/aromatic N) is 1. The zero-order valence-electron chi connectivity index (χ0n) is 17.7. The molecule has 3 amide bonds. The topological polar surface area (TPSA) is 120 Å². The summed E-state index contributed by atoms with van der Waals surface area (Å²) in [5.41, 5.74) is -0.311. The minimum Gasteiger partial charge on any atom is -0.451 e. The Morgan fingerprint density at radius 1 is 1.07 bits per heavy atom. The van der Waals surface area contributed by atoms with Crippen LogP contribution in [-0.4, -0.2) is 35.6 Å². The van der Waals surface area contributed by atoms with Crippen LogP contribution in [0, 0.1) is 17.2 Å². The Morgan fingerprint density at radius 3 is 2.27 bits per heavy atom. The van der Waals surface area contributed by atoms with E-state index in [1.807, 2.05) is 6.07 Å². The van der Waals surface area contributed by atoms with Crippen LogP contribution in [0.1, 0.15) is 52.9 Å². The van der Waals surface area contributed by atoms with Crippen molar-refractivity contribution >= 4 is 23.6 Å². The Morgan fingerprint density at radius 2 is 1.70 bits per heavy atom. The molecule has 0 bridgehead atoms. The first-order valence-corrected chi connectivity index (χ1v) is 10.3. The van der Waals surface area contributed by atoms with Gasteiger partial charge in [-0.25, -0.2) is 9.59 Å². The first kappa shape index (κ1) is 23.2. The highest BCUT2D eigenvalue weighted by Crippen LogP contribution is 2.27. The smallest absolute Gasteiger partial charge is 0.329 e. The van der Waals surface area contributed by atoms with Crippen molar-refractivity contribution in [3.05, 3.63) is 30.3 Å². The highest BCUT2D eigenvalue weighted by molar-refractivity contribution is 5.93. The number of anilines is 1. The Kier molecular flexibility index (Phi) is 8.22. The maximum absolute atomic E-state index is 12.6. The number of nitrogens with one attached hydrogen (secondary N) is 3. The predicted octanol–water partition coefficient (Wildman–Crippen LogP) is 3.11. The Balaban J connectivity index is 1.93. The lowest BCUT2D eigenvalue weighted by molar-refractivity contribution is -0.158. The van der Waals surface area contributed by atoms with E-state index < -0.39 is 35.6 Å². The molecule has 1 saturated carbocycles. The molecule has 0 unspecified atom stereocenters. The number of hydrogen-bond donors (Lipinski definition) is 3. The van der Waals surface area contributed by atoms with Gasteiger partial charge in [-0.15, -0.1) is 0 Å². The fourth-order valence-corrected chi connectivity index (χ4v) is 3.39. The van der Waals surface area contributed by atoms with E-state index in [2.05, 4.69) is 22.0 Å². The van der Waals surface area contributed by atoms with Gasteiger partial charge in [-0.1, -0.05) is 51.3 Å². The third-order valence-electron chi connectivity index (χ3n) is 5.18.